The molecule has 1 aromatic rings. The van der Waals surface area contributed by atoms with E-state index < -0.39 is 19.4 Å². The fourth-order valence-electron chi connectivity index (χ4n) is 2.02. The molecule has 0 spiro atoms. The van der Waals surface area contributed by atoms with Crippen molar-refractivity contribution in [3.8, 4) is 0 Å². The Morgan fingerprint density at radius 2 is 2.10 bits per heavy atom. The topological polar surface area (TPSA) is 102 Å². The Balaban J connectivity index is 1.94. The average molecular weight is 299 g/mol. The first-order chi connectivity index (χ1) is 9.38. The molecule has 1 atom stereocenters. The van der Waals surface area contributed by atoms with Crippen LogP contribution in [0.4, 0.5) is 4.79 Å². The fourth-order valence-corrected chi connectivity index (χ4v) is 2.94. The Morgan fingerprint density at radius 1 is 1.45 bits per heavy atom. The summed E-state index contributed by atoms with van der Waals surface area (Å²) in [6.07, 6.45) is 0. The molecule has 1 aromatic carbocycles. The summed E-state index contributed by atoms with van der Waals surface area (Å²) in [6.45, 7) is 2.53. The third kappa shape index (κ3) is 3.58. The van der Waals surface area contributed by atoms with E-state index in [-0.39, 0.29) is 13.2 Å². The molecule has 2 rings (SSSR count). The third-order valence-corrected chi connectivity index (χ3v) is 4.42. The lowest BCUT2D eigenvalue weighted by Crippen LogP contribution is -2.43. The number of carbonyl (C=O) groups excluding carboxylic acids is 1. The Labute approximate surface area is 117 Å². The summed E-state index contributed by atoms with van der Waals surface area (Å²) in [5, 5.41) is 5.45. The molecule has 7 nitrogen and oxygen atoms in total. The standard InChI is InChI=1S/C12H18N3O4P/c1-9-2-4-10(5-3-9)6-14-12(16)15-8-13-7-11(15)20(17,18)19/h2-5,11,13H,6-8H2,1H3,(H,14,16)(H2,17,18,19). The molecule has 1 aliphatic rings. The zero-order valence-corrected chi connectivity index (χ0v) is 12.0. The van der Waals surface area contributed by atoms with E-state index in [0.29, 0.717) is 6.54 Å². The summed E-state index contributed by atoms with van der Waals surface area (Å²) >= 11 is 0. The van der Waals surface area contributed by atoms with Crippen LogP contribution in [0.15, 0.2) is 24.3 Å². The van der Waals surface area contributed by atoms with Crippen molar-refractivity contribution < 1.29 is 19.1 Å². The zero-order valence-electron chi connectivity index (χ0n) is 11.1. The largest absolute Gasteiger partial charge is 0.349 e. The van der Waals surface area contributed by atoms with Crippen LogP contribution in [-0.4, -0.2) is 39.7 Å². The Bertz CT molecular complexity index is 528. The lowest BCUT2D eigenvalue weighted by molar-refractivity contribution is 0.197. The number of hydrogen-bond acceptors (Lipinski definition) is 3. The highest BCUT2D eigenvalue weighted by molar-refractivity contribution is 7.52. The molecule has 0 aliphatic carbocycles. The van der Waals surface area contributed by atoms with E-state index in [1.165, 1.54) is 0 Å². The minimum atomic E-state index is -4.32. The molecule has 0 radical (unpaired) electrons. The Morgan fingerprint density at radius 3 is 2.70 bits per heavy atom. The van der Waals surface area contributed by atoms with Crippen LogP contribution in [0, 0.1) is 6.92 Å². The predicted octanol–water partition coefficient (Wildman–Crippen LogP) is 0.571. The van der Waals surface area contributed by atoms with Crippen molar-refractivity contribution in [2.45, 2.75) is 19.3 Å². The predicted molar refractivity (Wildman–Crippen MR) is 74.0 cm³/mol. The number of urea groups is 1. The highest BCUT2D eigenvalue weighted by atomic mass is 31.2. The van der Waals surface area contributed by atoms with Crippen molar-refractivity contribution in [1.82, 2.24) is 15.5 Å². The molecule has 0 saturated carbocycles. The zero-order chi connectivity index (χ0) is 14.8. The molecule has 110 valence electrons. The molecule has 20 heavy (non-hydrogen) atoms. The van der Waals surface area contributed by atoms with Gasteiger partial charge in [0.2, 0.25) is 0 Å². The number of benzene rings is 1. The summed E-state index contributed by atoms with van der Waals surface area (Å²) in [5.74, 6) is -1.10. The lowest BCUT2D eigenvalue weighted by atomic mass is 10.1. The molecular formula is C12H18N3O4P. The fraction of sp³-hybridized carbons (Fsp3) is 0.417. The second-order valence-corrected chi connectivity index (χ2v) is 6.57. The van der Waals surface area contributed by atoms with Crippen LogP contribution in [-0.2, 0) is 11.1 Å². The first-order valence-corrected chi connectivity index (χ1v) is 7.92. The number of nitrogens with zero attached hydrogens (tertiary/aromatic N) is 1. The van der Waals surface area contributed by atoms with Crippen molar-refractivity contribution in [3.05, 3.63) is 35.4 Å². The molecule has 0 aromatic heterocycles. The summed E-state index contributed by atoms with van der Waals surface area (Å²) in [4.78, 5) is 31.5. The van der Waals surface area contributed by atoms with Gasteiger partial charge in [-0.2, -0.15) is 0 Å². The Hall–Kier alpha value is -1.40. The highest BCUT2D eigenvalue weighted by Gasteiger charge is 2.40. The van der Waals surface area contributed by atoms with Gasteiger partial charge in [0.15, 0.2) is 0 Å². The molecule has 1 aliphatic heterocycles. The van der Waals surface area contributed by atoms with Gasteiger partial charge in [-0.15, -0.1) is 0 Å². The maximum absolute atomic E-state index is 12.0. The number of nitrogens with one attached hydrogen (secondary N) is 2. The van der Waals surface area contributed by atoms with Crippen molar-refractivity contribution in [3.63, 3.8) is 0 Å². The van der Waals surface area contributed by atoms with Crippen LogP contribution in [0.1, 0.15) is 11.1 Å². The number of aryl methyl sites for hydroxylation is 1. The van der Waals surface area contributed by atoms with Crippen molar-refractivity contribution >= 4 is 13.6 Å². The average Bonchev–Trinajstić information content (AvgIpc) is 2.87. The van der Waals surface area contributed by atoms with Crippen LogP contribution >= 0.6 is 7.60 Å². The van der Waals surface area contributed by atoms with Gasteiger partial charge in [-0.1, -0.05) is 29.8 Å². The quantitative estimate of drug-likeness (QED) is 0.611. The molecular weight excluding hydrogens is 281 g/mol. The summed E-state index contributed by atoms with van der Waals surface area (Å²) < 4.78 is 11.3. The summed E-state index contributed by atoms with van der Waals surface area (Å²) in [6, 6.07) is 7.20. The van der Waals surface area contributed by atoms with Gasteiger partial charge in [0, 0.05) is 13.1 Å². The molecule has 1 heterocycles. The SMILES string of the molecule is Cc1ccc(CNC(=O)N2CNCC2P(=O)(O)O)cc1. The summed E-state index contributed by atoms with van der Waals surface area (Å²) in [5.41, 5.74) is 2.06. The van der Waals surface area contributed by atoms with Crippen LogP contribution in [0.3, 0.4) is 0 Å². The smallest absolute Gasteiger partial charge is 0.334 e. The Kier molecular flexibility index (Phi) is 4.45. The van der Waals surface area contributed by atoms with Gasteiger partial charge < -0.3 is 15.1 Å². The van der Waals surface area contributed by atoms with Crippen LogP contribution in [0.25, 0.3) is 0 Å². The van der Waals surface area contributed by atoms with E-state index in [1.54, 1.807) is 0 Å². The number of rotatable bonds is 3. The second kappa shape index (κ2) is 5.93. The van der Waals surface area contributed by atoms with E-state index in [2.05, 4.69) is 10.6 Å². The first kappa shape index (κ1) is 15.0. The normalized spacial score (nSPS) is 19.1. The van der Waals surface area contributed by atoms with Gasteiger partial charge in [0.1, 0.15) is 5.78 Å². The molecule has 1 saturated heterocycles. The van der Waals surface area contributed by atoms with E-state index in [0.717, 1.165) is 16.0 Å². The van der Waals surface area contributed by atoms with Gasteiger partial charge in [-0.05, 0) is 12.5 Å². The van der Waals surface area contributed by atoms with E-state index in [4.69, 9.17) is 0 Å². The molecule has 0 bridgehead atoms. The molecule has 1 unspecified atom stereocenters. The monoisotopic (exact) mass is 299 g/mol. The van der Waals surface area contributed by atoms with Gasteiger partial charge in [-0.3, -0.25) is 14.8 Å². The van der Waals surface area contributed by atoms with Crippen LogP contribution < -0.4 is 10.6 Å². The third-order valence-electron chi connectivity index (χ3n) is 3.18. The number of carbonyl (C=O) groups is 1. The van der Waals surface area contributed by atoms with Crippen molar-refractivity contribution in [2.24, 2.45) is 0 Å². The minimum absolute atomic E-state index is 0.0994. The maximum Gasteiger partial charge on any atom is 0.349 e. The molecule has 4 N–H and O–H groups in total. The maximum atomic E-state index is 12.0. The van der Waals surface area contributed by atoms with Crippen LogP contribution in [0.5, 0.6) is 0 Å². The lowest BCUT2D eigenvalue weighted by Gasteiger charge is -2.24. The first-order valence-electron chi connectivity index (χ1n) is 6.24. The van der Waals surface area contributed by atoms with Crippen molar-refractivity contribution in [2.75, 3.05) is 13.2 Å². The molecule has 2 amide bonds. The number of amides is 2. The van der Waals surface area contributed by atoms with Gasteiger partial charge >= 0.3 is 13.6 Å². The van der Waals surface area contributed by atoms with E-state index >= 15 is 0 Å². The van der Waals surface area contributed by atoms with E-state index in [1.807, 2.05) is 31.2 Å². The van der Waals surface area contributed by atoms with E-state index in [9.17, 15) is 19.1 Å². The second-order valence-electron chi connectivity index (χ2n) is 4.80. The minimum Gasteiger partial charge on any atom is -0.334 e. The van der Waals surface area contributed by atoms with Crippen LogP contribution in [0.2, 0.25) is 0 Å². The summed E-state index contributed by atoms with van der Waals surface area (Å²) in [7, 11) is -4.32. The molecule has 1 fully saturated rings. The van der Waals surface area contributed by atoms with Gasteiger partial charge in [0.05, 0.1) is 6.67 Å². The van der Waals surface area contributed by atoms with Gasteiger partial charge in [0.25, 0.3) is 0 Å². The number of hydrogen-bond donors (Lipinski definition) is 4. The van der Waals surface area contributed by atoms with Crippen molar-refractivity contribution in [1.29, 1.82) is 0 Å². The van der Waals surface area contributed by atoms with Gasteiger partial charge in [-0.25, -0.2) is 4.79 Å². The highest BCUT2D eigenvalue weighted by Crippen LogP contribution is 2.43. The molecule has 8 heteroatoms.